The number of Topliss-reactive ketones (excluding diaryl/α,β-unsaturated/α-hetero) is 1. The van der Waals surface area contributed by atoms with Gasteiger partial charge in [-0.25, -0.2) is 0 Å². The molecule has 110 valence electrons. The molecule has 1 saturated carbocycles. The summed E-state index contributed by atoms with van der Waals surface area (Å²) in [5.74, 6) is -1.51. The number of amides is 1. The largest absolute Gasteiger partial charge is 0.358 e. The van der Waals surface area contributed by atoms with Crippen molar-refractivity contribution in [2.75, 3.05) is 7.05 Å². The van der Waals surface area contributed by atoms with Gasteiger partial charge in [-0.2, -0.15) is 5.26 Å². The second-order valence-corrected chi connectivity index (χ2v) is 5.85. The maximum absolute atomic E-state index is 12.2. The average Bonchev–Trinajstić information content (AvgIpc) is 3.28. The molecule has 1 aromatic carbocycles. The second kappa shape index (κ2) is 6.09. The van der Waals surface area contributed by atoms with E-state index in [-0.39, 0.29) is 17.6 Å². The van der Waals surface area contributed by atoms with Crippen LogP contribution in [0.15, 0.2) is 24.3 Å². The average molecular weight is 284 g/mol. The van der Waals surface area contributed by atoms with E-state index in [4.69, 9.17) is 5.26 Å². The van der Waals surface area contributed by atoms with Crippen molar-refractivity contribution in [2.45, 2.75) is 32.1 Å². The Morgan fingerprint density at radius 1 is 1.29 bits per heavy atom. The highest BCUT2D eigenvalue weighted by Gasteiger charge is 2.47. The molecule has 1 N–H and O–H groups in total. The number of benzene rings is 1. The molecule has 3 atom stereocenters. The highest BCUT2D eigenvalue weighted by Crippen LogP contribution is 2.49. The zero-order chi connectivity index (χ0) is 15.6. The molecule has 1 fully saturated rings. The van der Waals surface area contributed by atoms with Crippen molar-refractivity contribution < 1.29 is 9.59 Å². The number of hydrogen-bond acceptors (Lipinski definition) is 3. The van der Waals surface area contributed by atoms with Gasteiger partial charge < -0.3 is 5.32 Å². The Hall–Kier alpha value is -2.15. The van der Waals surface area contributed by atoms with Crippen LogP contribution >= 0.6 is 0 Å². The SMILES string of the molecule is CNC(=O)[C@H](C#N)C(=O)[C@H]1C[C@H]1c1ccc(C(C)C)cc1. The highest BCUT2D eigenvalue weighted by molar-refractivity contribution is 6.06. The molecule has 1 aliphatic carbocycles. The number of nitriles is 1. The van der Waals surface area contributed by atoms with Crippen LogP contribution in [0.1, 0.15) is 43.2 Å². The summed E-state index contributed by atoms with van der Waals surface area (Å²) < 4.78 is 0. The van der Waals surface area contributed by atoms with Gasteiger partial charge in [-0.1, -0.05) is 38.1 Å². The lowest BCUT2D eigenvalue weighted by atomic mass is 9.96. The fraction of sp³-hybridized carbons (Fsp3) is 0.471. The molecular formula is C17H20N2O2. The zero-order valence-corrected chi connectivity index (χ0v) is 12.6. The number of ketones is 1. The molecule has 4 heteroatoms. The summed E-state index contributed by atoms with van der Waals surface area (Å²) in [6.07, 6.45) is 0.731. The third-order valence-electron chi connectivity index (χ3n) is 4.11. The molecule has 0 unspecified atom stereocenters. The highest BCUT2D eigenvalue weighted by atomic mass is 16.2. The Balaban J connectivity index is 2.05. The standard InChI is InChI=1S/C17H20N2O2/c1-10(2)11-4-6-12(7-5-11)13-8-14(13)16(20)15(9-18)17(21)19-3/h4-7,10,13-15H,8H2,1-3H3,(H,19,21)/t13-,14-,15+/m0/s1. The summed E-state index contributed by atoms with van der Waals surface area (Å²) >= 11 is 0. The van der Waals surface area contributed by atoms with Crippen LogP contribution in [0.5, 0.6) is 0 Å². The van der Waals surface area contributed by atoms with Crippen molar-refractivity contribution in [3.05, 3.63) is 35.4 Å². The summed E-state index contributed by atoms with van der Waals surface area (Å²) in [6.45, 7) is 4.28. The summed E-state index contributed by atoms with van der Waals surface area (Å²) in [5, 5.41) is 11.4. The second-order valence-electron chi connectivity index (χ2n) is 5.85. The molecule has 1 aliphatic rings. The van der Waals surface area contributed by atoms with Crippen molar-refractivity contribution in [1.29, 1.82) is 5.26 Å². The minimum atomic E-state index is -1.18. The smallest absolute Gasteiger partial charge is 0.244 e. The molecular weight excluding hydrogens is 264 g/mol. The number of rotatable bonds is 5. The molecule has 21 heavy (non-hydrogen) atoms. The summed E-state index contributed by atoms with van der Waals surface area (Å²) in [6, 6.07) is 10.1. The van der Waals surface area contributed by atoms with E-state index in [0.29, 0.717) is 5.92 Å². The molecule has 0 radical (unpaired) electrons. The van der Waals surface area contributed by atoms with Crippen LogP contribution in [0.2, 0.25) is 0 Å². The number of nitrogens with one attached hydrogen (secondary N) is 1. The topological polar surface area (TPSA) is 70.0 Å². The lowest BCUT2D eigenvalue weighted by molar-refractivity contribution is -0.132. The number of nitrogens with zero attached hydrogens (tertiary/aromatic N) is 1. The molecule has 0 saturated heterocycles. The van der Waals surface area contributed by atoms with Gasteiger partial charge in [-0.15, -0.1) is 0 Å². The van der Waals surface area contributed by atoms with Crippen LogP contribution in [0, 0.1) is 23.2 Å². The van der Waals surface area contributed by atoms with Crippen molar-refractivity contribution in [1.82, 2.24) is 5.32 Å². The van der Waals surface area contributed by atoms with Gasteiger partial charge in [0.1, 0.15) is 0 Å². The molecule has 0 spiro atoms. The molecule has 1 aromatic rings. The molecule has 0 aliphatic heterocycles. The molecule has 0 heterocycles. The molecule has 0 bridgehead atoms. The predicted octanol–water partition coefficient (Wildman–Crippen LogP) is 2.37. The molecule has 2 rings (SSSR count). The van der Waals surface area contributed by atoms with E-state index in [2.05, 4.69) is 43.4 Å². The van der Waals surface area contributed by atoms with Gasteiger partial charge in [0.05, 0.1) is 6.07 Å². The van der Waals surface area contributed by atoms with Gasteiger partial charge in [0.25, 0.3) is 0 Å². The first-order valence-corrected chi connectivity index (χ1v) is 7.24. The van der Waals surface area contributed by atoms with Crippen molar-refractivity contribution >= 4 is 11.7 Å². The Morgan fingerprint density at radius 3 is 2.38 bits per heavy atom. The summed E-state index contributed by atoms with van der Waals surface area (Å²) in [4.78, 5) is 23.7. The van der Waals surface area contributed by atoms with Gasteiger partial charge in [0, 0.05) is 13.0 Å². The number of carbonyl (C=O) groups excluding carboxylic acids is 2. The Labute approximate surface area is 125 Å². The third-order valence-corrected chi connectivity index (χ3v) is 4.11. The van der Waals surface area contributed by atoms with Crippen LogP contribution in [-0.2, 0) is 9.59 Å². The van der Waals surface area contributed by atoms with Crippen LogP contribution < -0.4 is 5.32 Å². The van der Waals surface area contributed by atoms with E-state index in [1.54, 1.807) is 0 Å². The molecule has 4 nitrogen and oxygen atoms in total. The van der Waals surface area contributed by atoms with Crippen molar-refractivity contribution in [3.63, 3.8) is 0 Å². The predicted molar refractivity (Wildman–Crippen MR) is 79.6 cm³/mol. The van der Waals surface area contributed by atoms with E-state index < -0.39 is 11.8 Å². The quantitative estimate of drug-likeness (QED) is 0.844. The lowest BCUT2D eigenvalue weighted by Crippen LogP contribution is -2.33. The lowest BCUT2D eigenvalue weighted by Gasteiger charge is -2.08. The first-order valence-electron chi connectivity index (χ1n) is 7.24. The minimum Gasteiger partial charge on any atom is -0.358 e. The number of carbonyl (C=O) groups is 2. The summed E-state index contributed by atoms with van der Waals surface area (Å²) in [7, 11) is 1.44. The fourth-order valence-corrected chi connectivity index (χ4v) is 2.62. The monoisotopic (exact) mass is 284 g/mol. The molecule has 0 aromatic heterocycles. The minimum absolute atomic E-state index is 0.152. The van der Waals surface area contributed by atoms with Gasteiger partial charge in [0.2, 0.25) is 5.91 Å². The van der Waals surface area contributed by atoms with Gasteiger partial charge >= 0.3 is 0 Å². The van der Waals surface area contributed by atoms with E-state index in [1.807, 2.05) is 6.07 Å². The Morgan fingerprint density at radius 2 is 1.90 bits per heavy atom. The van der Waals surface area contributed by atoms with E-state index in [1.165, 1.54) is 12.6 Å². The first-order chi connectivity index (χ1) is 9.99. The first kappa shape index (κ1) is 15.2. The van der Waals surface area contributed by atoms with E-state index in [0.717, 1.165) is 12.0 Å². The normalized spacial score (nSPS) is 21.5. The zero-order valence-electron chi connectivity index (χ0n) is 12.6. The van der Waals surface area contributed by atoms with Gasteiger partial charge in [-0.05, 0) is 29.4 Å². The van der Waals surface area contributed by atoms with Gasteiger partial charge in [-0.3, -0.25) is 9.59 Å². The Kier molecular flexibility index (Phi) is 4.42. The third kappa shape index (κ3) is 3.13. The van der Waals surface area contributed by atoms with Gasteiger partial charge in [0.15, 0.2) is 11.7 Å². The maximum Gasteiger partial charge on any atom is 0.244 e. The number of hydrogen-bond donors (Lipinski definition) is 1. The maximum atomic E-state index is 12.2. The van der Waals surface area contributed by atoms with Crippen LogP contribution in [0.3, 0.4) is 0 Å². The Bertz CT molecular complexity index is 584. The summed E-state index contributed by atoms with van der Waals surface area (Å²) in [5.41, 5.74) is 2.38. The van der Waals surface area contributed by atoms with Crippen LogP contribution in [0.25, 0.3) is 0 Å². The van der Waals surface area contributed by atoms with E-state index >= 15 is 0 Å². The van der Waals surface area contributed by atoms with Crippen molar-refractivity contribution in [3.8, 4) is 6.07 Å². The fourth-order valence-electron chi connectivity index (χ4n) is 2.62. The van der Waals surface area contributed by atoms with Crippen molar-refractivity contribution in [2.24, 2.45) is 11.8 Å². The van der Waals surface area contributed by atoms with Crippen LogP contribution in [-0.4, -0.2) is 18.7 Å². The molecule has 1 amide bonds. The van der Waals surface area contributed by atoms with Crippen LogP contribution in [0.4, 0.5) is 0 Å². The van der Waals surface area contributed by atoms with E-state index in [9.17, 15) is 9.59 Å².